The first kappa shape index (κ1) is 11.1. The monoisotopic (exact) mass is 224 g/mol. The van der Waals surface area contributed by atoms with E-state index in [2.05, 4.69) is 5.32 Å². The van der Waals surface area contributed by atoms with Crippen LogP contribution in [0, 0.1) is 5.92 Å². The number of aldehydes is 1. The van der Waals surface area contributed by atoms with E-state index in [1.807, 2.05) is 0 Å². The van der Waals surface area contributed by atoms with E-state index in [0.29, 0.717) is 6.54 Å². The summed E-state index contributed by atoms with van der Waals surface area (Å²) in [6, 6.07) is -0.287. The Bertz CT molecular complexity index is 312. The summed E-state index contributed by atoms with van der Waals surface area (Å²) in [5.41, 5.74) is 0. The van der Waals surface area contributed by atoms with Crippen LogP contribution in [0.2, 0.25) is 0 Å². The molecule has 5 heteroatoms. The summed E-state index contributed by atoms with van der Waals surface area (Å²) in [6.07, 6.45) is 4.28. The topological polar surface area (TPSA) is 66.5 Å². The fourth-order valence-electron chi connectivity index (χ4n) is 2.00. The van der Waals surface area contributed by atoms with Gasteiger partial charge < -0.3 is 15.0 Å². The van der Waals surface area contributed by atoms with Crippen LogP contribution in [-0.4, -0.2) is 42.1 Å². The van der Waals surface area contributed by atoms with Crippen LogP contribution in [0.25, 0.3) is 0 Å². The number of likely N-dealkylation sites (tertiary alicyclic amines) is 1. The fourth-order valence-corrected chi connectivity index (χ4v) is 2.00. The predicted octanol–water partition coefficient (Wildman–Crippen LogP) is -0.298. The van der Waals surface area contributed by atoms with Crippen LogP contribution in [-0.2, 0) is 14.4 Å². The molecule has 0 unspecified atom stereocenters. The fraction of sp³-hybridized carbons (Fsp3) is 0.727. The zero-order valence-corrected chi connectivity index (χ0v) is 9.15. The van der Waals surface area contributed by atoms with Gasteiger partial charge in [-0.25, -0.2) is 0 Å². The van der Waals surface area contributed by atoms with Gasteiger partial charge in [0.15, 0.2) is 0 Å². The maximum atomic E-state index is 11.7. The van der Waals surface area contributed by atoms with Gasteiger partial charge in [-0.05, 0) is 25.7 Å². The largest absolute Gasteiger partial charge is 0.347 e. The molecular weight excluding hydrogens is 208 g/mol. The van der Waals surface area contributed by atoms with Gasteiger partial charge >= 0.3 is 0 Å². The molecule has 2 aliphatic rings. The van der Waals surface area contributed by atoms with E-state index in [9.17, 15) is 14.4 Å². The second-order valence-corrected chi connectivity index (χ2v) is 4.42. The molecule has 1 atom stereocenters. The summed E-state index contributed by atoms with van der Waals surface area (Å²) in [5.74, 6) is -0.0629. The van der Waals surface area contributed by atoms with Crippen molar-refractivity contribution in [2.75, 3.05) is 13.1 Å². The minimum atomic E-state index is -0.287. The molecular formula is C11H16N2O3. The molecule has 2 fully saturated rings. The van der Waals surface area contributed by atoms with Crippen molar-refractivity contribution in [3.63, 3.8) is 0 Å². The van der Waals surface area contributed by atoms with Gasteiger partial charge in [-0.2, -0.15) is 0 Å². The van der Waals surface area contributed by atoms with Crippen molar-refractivity contribution in [2.24, 2.45) is 5.92 Å². The molecule has 88 valence electrons. The van der Waals surface area contributed by atoms with Crippen molar-refractivity contribution in [2.45, 2.75) is 31.7 Å². The molecule has 0 bridgehead atoms. The highest BCUT2D eigenvalue weighted by atomic mass is 16.2. The number of carbonyl (C=O) groups excluding carboxylic acids is 3. The van der Waals surface area contributed by atoms with Crippen LogP contribution in [0.15, 0.2) is 0 Å². The smallest absolute Gasteiger partial charge is 0.242 e. The van der Waals surface area contributed by atoms with E-state index in [0.717, 1.165) is 32.0 Å². The summed E-state index contributed by atoms with van der Waals surface area (Å²) in [6.45, 7) is 0.654. The Balaban J connectivity index is 1.78. The molecule has 2 amide bonds. The zero-order chi connectivity index (χ0) is 11.5. The molecule has 2 rings (SSSR count). The van der Waals surface area contributed by atoms with Crippen molar-refractivity contribution in [3.8, 4) is 0 Å². The molecule has 1 heterocycles. The second kappa shape index (κ2) is 4.63. The van der Waals surface area contributed by atoms with Gasteiger partial charge in [0.2, 0.25) is 11.8 Å². The Labute approximate surface area is 94.2 Å². The Morgan fingerprint density at radius 2 is 2.06 bits per heavy atom. The van der Waals surface area contributed by atoms with Crippen molar-refractivity contribution in [3.05, 3.63) is 0 Å². The Morgan fingerprint density at radius 3 is 2.69 bits per heavy atom. The van der Waals surface area contributed by atoms with Gasteiger partial charge in [0.05, 0.1) is 12.6 Å². The minimum absolute atomic E-state index is 0.0275. The second-order valence-electron chi connectivity index (χ2n) is 4.42. The maximum Gasteiger partial charge on any atom is 0.242 e. The molecule has 0 radical (unpaired) electrons. The number of nitrogens with zero attached hydrogens (tertiary/aromatic N) is 1. The van der Waals surface area contributed by atoms with Crippen molar-refractivity contribution >= 4 is 18.1 Å². The lowest BCUT2D eigenvalue weighted by Crippen LogP contribution is -2.43. The third-order valence-corrected chi connectivity index (χ3v) is 3.14. The lowest BCUT2D eigenvalue weighted by atomic mass is 10.2. The summed E-state index contributed by atoms with van der Waals surface area (Å²) in [7, 11) is 0. The van der Waals surface area contributed by atoms with Gasteiger partial charge in [0.25, 0.3) is 0 Å². The molecule has 0 aromatic rings. The van der Waals surface area contributed by atoms with Crippen molar-refractivity contribution in [1.29, 1.82) is 0 Å². The minimum Gasteiger partial charge on any atom is -0.347 e. The number of rotatable bonds is 4. The molecule has 0 aromatic carbocycles. The van der Waals surface area contributed by atoms with Crippen LogP contribution in [0.3, 0.4) is 0 Å². The van der Waals surface area contributed by atoms with Gasteiger partial charge in [-0.15, -0.1) is 0 Å². The van der Waals surface area contributed by atoms with Gasteiger partial charge in [-0.3, -0.25) is 9.59 Å². The number of amides is 2. The molecule has 1 saturated carbocycles. The molecule has 1 N–H and O–H groups in total. The van der Waals surface area contributed by atoms with E-state index in [1.165, 1.54) is 0 Å². The van der Waals surface area contributed by atoms with E-state index >= 15 is 0 Å². The van der Waals surface area contributed by atoms with E-state index in [4.69, 9.17) is 0 Å². The van der Waals surface area contributed by atoms with Crippen LogP contribution in [0.4, 0.5) is 0 Å². The normalized spacial score (nSPS) is 24.2. The van der Waals surface area contributed by atoms with Crippen molar-refractivity contribution < 1.29 is 14.4 Å². The Kier molecular flexibility index (Phi) is 3.22. The van der Waals surface area contributed by atoms with Crippen LogP contribution >= 0.6 is 0 Å². The molecule has 1 aliphatic carbocycles. The summed E-state index contributed by atoms with van der Waals surface area (Å²) in [5, 5.41) is 2.62. The van der Waals surface area contributed by atoms with Crippen LogP contribution in [0.5, 0.6) is 0 Å². The zero-order valence-electron chi connectivity index (χ0n) is 9.15. The SMILES string of the molecule is O=C[C@@H]1CCCN1C(=O)CNC(=O)C1CC1. The molecule has 0 aromatic heterocycles. The number of nitrogens with one attached hydrogen (secondary N) is 1. The summed E-state index contributed by atoms with van der Waals surface area (Å²) >= 11 is 0. The maximum absolute atomic E-state index is 11.7. The Morgan fingerprint density at radius 1 is 1.31 bits per heavy atom. The average Bonchev–Trinajstić information content (AvgIpc) is 3.03. The predicted molar refractivity (Wildman–Crippen MR) is 56.5 cm³/mol. The summed E-state index contributed by atoms with van der Waals surface area (Å²) < 4.78 is 0. The number of hydrogen-bond acceptors (Lipinski definition) is 3. The Hall–Kier alpha value is -1.39. The highest BCUT2D eigenvalue weighted by molar-refractivity contribution is 5.88. The first-order chi connectivity index (χ1) is 7.72. The first-order valence-corrected chi connectivity index (χ1v) is 5.75. The van der Waals surface area contributed by atoms with Crippen LogP contribution < -0.4 is 5.32 Å². The van der Waals surface area contributed by atoms with E-state index in [1.54, 1.807) is 4.90 Å². The van der Waals surface area contributed by atoms with Crippen LogP contribution in [0.1, 0.15) is 25.7 Å². The van der Waals surface area contributed by atoms with E-state index in [-0.39, 0.29) is 30.3 Å². The van der Waals surface area contributed by atoms with E-state index < -0.39 is 0 Å². The molecule has 16 heavy (non-hydrogen) atoms. The third kappa shape index (κ3) is 2.40. The third-order valence-electron chi connectivity index (χ3n) is 3.14. The molecule has 1 saturated heterocycles. The quantitative estimate of drug-likeness (QED) is 0.667. The standard InChI is InChI=1S/C11H16N2O3/c14-7-9-2-1-5-13(9)10(15)6-12-11(16)8-3-4-8/h7-9H,1-6H2,(H,12,16)/t9-/m0/s1. The highest BCUT2D eigenvalue weighted by Crippen LogP contribution is 2.28. The molecule has 5 nitrogen and oxygen atoms in total. The number of hydrogen-bond donors (Lipinski definition) is 1. The first-order valence-electron chi connectivity index (χ1n) is 5.75. The van der Waals surface area contributed by atoms with Crippen molar-refractivity contribution in [1.82, 2.24) is 10.2 Å². The van der Waals surface area contributed by atoms with Gasteiger partial charge in [0.1, 0.15) is 6.29 Å². The average molecular weight is 224 g/mol. The molecule has 0 spiro atoms. The lowest BCUT2D eigenvalue weighted by Gasteiger charge is -2.20. The van der Waals surface area contributed by atoms with Gasteiger partial charge in [-0.1, -0.05) is 0 Å². The lowest BCUT2D eigenvalue weighted by molar-refractivity contribution is -0.135. The summed E-state index contributed by atoms with van der Waals surface area (Å²) in [4.78, 5) is 35.3. The highest BCUT2D eigenvalue weighted by Gasteiger charge is 2.31. The number of carbonyl (C=O) groups is 3. The van der Waals surface area contributed by atoms with Gasteiger partial charge in [0, 0.05) is 12.5 Å². The molecule has 1 aliphatic heterocycles.